The number of hydrogen-bond donors (Lipinski definition) is 0. The second-order valence-corrected chi connectivity index (χ2v) is 8.83. The molecule has 1 aromatic heterocycles. The van der Waals surface area contributed by atoms with Crippen LogP contribution in [-0.4, -0.2) is 71.5 Å². The van der Waals surface area contributed by atoms with E-state index < -0.39 is 0 Å². The van der Waals surface area contributed by atoms with Crippen molar-refractivity contribution in [1.29, 1.82) is 0 Å². The third-order valence-corrected chi connectivity index (χ3v) is 6.86. The molecule has 0 aliphatic carbocycles. The van der Waals surface area contributed by atoms with Crippen LogP contribution in [-0.2, 0) is 13.0 Å². The lowest BCUT2D eigenvalue weighted by Gasteiger charge is -2.44. The van der Waals surface area contributed by atoms with Crippen LogP contribution in [0.15, 0.2) is 54.7 Å². The maximum atomic E-state index is 4.49. The molecule has 0 amide bonds. The molecule has 1 aromatic carbocycles. The zero-order chi connectivity index (χ0) is 19.9. The molecule has 3 heterocycles. The van der Waals surface area contributed by atoms with Gasteiger partial charge in [-0.05, 0) is 63.4 Å². The van der Waals surface area contributed by atoms with Crippen molar-refractivity contribution < 1.29 is 0 Å². The first kappa shape index (κ1) is 20.5. The van der Waals surface area contributed by atoms with Crippen LogP contribution >= 0.6 is 0 Å². The summed E-state index contributed by atoms with van der Waals surface area (Å²) in [5.41, 5.74) is 2.66. The molecule has 2 aliphatic heterocycles. The summed E-state index contributed by atoms with van der Waals surface area (Å²) in [5, 5.41) is 0. The van der Waals surface area contributed by atoms with E-state index in [2.05, 4.69) is 69.2 Å². The number of benzene rings is 1. The van der Waals surface area contributed by atoms with E-state index in [1.165, 1.54) is 76.1 Å². The lowest BCUT2D eigenvalue weighted by molar-refractivity contribution is 0.0526. The highest BCUT2D eigenvalue weighted by Crippen LogP contribution is 2.23. The number of hydrogen-bond acceptors (Lipinski definition) is 4. The molecule has 156 valence electrons. The van der Waals surface area contributed by atoms with Gasteiger partial charge in [0.1, 0.15) is 0 Å². The van der Waals surface area contributed by atoms with Gasteiger partial charge in [0.25, 0.3) is 0 Å². The Balaban J connectivity index is 1.22. The molecule has 2 saturated heterocycles. The maximum absolute atomic E-state index is 4.49. The Labute approximate surface area is 176 Å². The Hall–Kier alpha value is -1.75. The molecule has 0 saturated carbocycles. The highest BCUT2D eigenvalue weighted by Gasteiger charge is 2.29. The summed E-state index contributed by atoms with van der Waals surface area (Å²) < 4.78 is 0. The first-order valence-electron chi connectivity index (χ1n) is 11.4. The van der Waals surface area contributed by atoms with Crippen molar-refractivity contribution in [2.24, 2.45) is 0 Å². The van der Waals surface area contributed by atoms with E-state index in [-0.39, 0.29) is 0 Å². The Morgan fingerprint density at radius 3 is 2.45 bits per heavy atom. The van der Waals surface area contributed by atoms with E-state index in [0.29, 0.717) is 6.04 Å². The van der Waals surface area contributed by atoms with Crippen molar-refractivity contribution in [3.05, 3.63) is 66.0 Å². The van der Waals surface area contributed by atoms with Crippen LogP contribution < -0.4 is 0 Å². The lowest BCUT2D eigenvalue weighted by Crippen LogP contribution is -2.52. The summed E-state index contributed by atoms with van der Waals surface area (Å²) in [4.78, 5) is 12.5. The average molecular weight is 393 g/mol. The molecule has 2 aliphatic rings. The van der Waals surface area contributed by atoms with E-state index in [4.69, 9.17) is 0 Å². The molecule has 1 atom stereocenters. The van der Waals surface area contributed by atoms with Crippen molar-refractivity contribution in [3.63, 3.8) is 0 Å². The minimum absolute atomic E-state index is 0.715. The largest absolute Gasteiger partial charge is 0.301 e. The Morgan fingerprint density at radius 2 is 1.69 bits per heavy atom. The van der Waals surface area contributed by atoms with Crippen LogP contribution in [0.5, 0.6) is 0 Å². The summed E-state index contributed by atoms with van der Waals surface area (Å²) in [7, 11) is 2.38. The zero-order valence-electron chi connectivity index (χ0n) is 17.9. The maximum Gasteiger partial charge on any atom is 0.0543 e. The van der Waals surface area contributed by atoms with Crippen LogP contribution in [0.3, 0.4) is 0 Å². The molecular formula is C25H36N4. The van der Waals surface area contributed by atoms with E-state index >= 15 is 0 Å². The topological polar surface area (TPSA) is 22.6 Å². The van der Waals surface area contributed by atoms with Crippen LogP contribution in [0, 0.1) is 0 Å². The van der Waals surface area contributed by atoms with Crippen LogP contribution in [0.4, 0.5) is 0 Å². The molecule has 4 nitrogen and oxygen atoms in total. The average Bonchev–Trinajstić information content (AvgIpc) is 2.79. The van der Waals surface area contributed by atoms with E-state index in [0.717, 1.165) is 12.6 Å². The molecule has 0 bridgehead atoms. The summed E-state index contributed by atoms with van der Waals surface area (Å²) in [5.74, 6) is 0. The minimum atomic E-state index is 0.715. The van der Waals surface area contributed by atoms with Gasteiger partial charge in [0.05, 0.1) is 5.69 Å². The van der Waals surface area contributed by atoms with E-state index in [1.807, 2.05) is 12.3 Å². The van der Waals surface area contributed by atoms with Crippen molar-refractivity contribution in [3.8, 4) is 0 Å². The molecule has 0 N–H and O–H groups in total. The number of rotatable bonds is 7. The number of pyridine rings is 1. The second kappa shape index (κ2) is 10.3. The quantitative estimate of drug-likeness (QED) is 0.717. The molecule has 4 heteroatoms. The van der Waals surface area contributed by atoms with E-state index in [1.54, 1.807) is 0 Å². The molecule has 29 heavy (non-hydrogen) atoms. The van der Waals surface area contributed by atoms with E-state index in [9.17, 15) is 0 Å². The fourth-order valence-corrected chi connectivity index (χ4v) is 5.00. The number of likely N-dealkylation sites (tertiary alicyclic amines) is 2. The number of likely N-dealkylation sites (N-methyl/N-ethyl adjacent to an activating group) is 1. The smallest absolute Gasteiger partial charge is 0.0543 e. The first-order chi connectivity index (χ1) is 14.3. The van der Waals surface area contributed by atoms with Gasteiger partial charge in [0.2, 0.25) is 0 Å². The van der Waals surface area contributed by atoms with Crippen molar-refractivity contribution in [1.82, 2.24) is 19.7 Å². The SMILES string of the molecule is CN(C1CCN(Cc2ccccn2)CC1)C1CCCN(CCc2ccccc2)C1. The summed E-state index contributed by atoms with van der Waals surface area (Å²) in [6.45, 7) is 7.06. The fraction of sp³-hybridized carbons (Fsp3) is 0.560. The van der Waals surface area contributed by atoms with Gasteiger partial charge < -0.3 is 4.90 Å². The molecule has 4 rings (SSSR count). The molecule has 0 radical (unpaired) electrons. The summed E-state index contributed by atoms with van der Waals surface area (Å²) in [6, 6.07) is 18.6. The molecule has 2 aromatic rings. The Morgan fingerprint density at radius 1 is 0.897 bits per heavy atom. The Kier molecular flexibility index (Phi) is 7.31. The number of aromatic nitrogens is 1. The van der Waals surface area contributed by atoms with Crippen LogP contribution in [0.1, 0.15) is 36.9 Å². The summed E-state index contributed by atoms with van der Waals surface area (Å²) >= 11 is 0. The molecular weight excluding hydrogens is 356 g/mol. The minimum Gasteiger partial charge on any atom is -0.301 e. The van der Waals surface area contributed by atoms with Gasteiger partial charge in [-0.3, -0.25) is 14.8 Å². The predicted octanol–water partition coefficient (Wildman–Crippen LogP) is 3.68. The third-order valence-electron chi connectivity index (χ3n) is 6.86. The Bertz CT molecular complexity index is 712. The monoisotopic (exact) mass is 392 g/mol. The third kappa shape index (κ3) is 5.88. The highest BCUT2D eigenvalue weighted by molar-refractivity contribution is 5.15. The highest BCUT2D eigenvalue weighted by atomic mass is 15.2. The zero-order valence-corrected chi connectivity index (χ0v) is 17.9. The first-order valence-corrected chi connectivity index (χ1v) is 11.4. The van der Waals surface area contributed by atoms with Gasteiger partial charge in [0, 0.05) is 51.0 Å². The van der Waals surface area contributed by atoms with Gasteiger partial charge in [-0.1, -0.05) is 36.4 Å². The predicted molar refractivity (Wildman–Crippen MR) is 120 cm³/mol. The number of piperidine rings is 2. The van der Waals surface area contributed by atoms with Gasteiger partial charge in [0.15, 0.2) is 0 Å². The molecule has 0 spiro atoms. The van der Waals surface area contributed by atoms with Gasteiger partial charge in [-0.25, -0.2) is 0 Å². The van der Waals surface area contributed by atoms with Gasteiger partial charge in [-0.15, -0.1) is 0 Å². The van der Waals surface area contributed by atoms with Gasteiger partial charge >= 0.3 is 0 Å². The lowest BCUT2D eigenvalue weighted by atomic mass is 9.97. The van der Waals surface area contributed by atoms with Crippen LogP contribution in [0.25, 0.3) is 0 Å². The second-order valence-electron chi connectivity index (χ2n) is 8.83. The van der Waals surface area contributed by atoms with Crippen LogP contribution in [0.2, 0.25) is 0 Å². The van der Waals surface area contributed by atoms with Crippen molar-refractivity contribution in [2.45, 2.75) is 50.7 Å². The molecule has 1 unspecified atom stereocenters. The fourth-order valence-electron chi connectivity index (χ4n) is 5.00. The summed E-state index contributed by atoms with van der Waals surface area (Å²) in [6.07, 6.45) is 8.33. The number of nitrogens with zero attached hydrogens (tertiary/aromatic N) is 4. The standard InChI is InChI=1S/C25H36N4/c1-27(24-13-18-29(19-14-24)20-23-10-5-6-15-26-23)25-11-7-16-28(21-25)17-12-22-8-3-2-4-9-22/h2-6,8-10,15,24-25H,7,11-14,16-21H2,1H3. The normalized spacial score (nSPS) is 22.2. The van der Waals surface area contributed by atoms with Crippen molar-refractivity contribution >= 4 is 0 Å². The van der Waals surface area contributed by atoms with Gasteiger partial charge in [-0.2, -0.15) is 0 Å². The molecule has 2 fully saturated rings. The van der Waals surface area contributed by atoms with Crippen molar-refractivity contribution in [2.75, 3.05) is 39.8 Å².